The molecular weight excluding hydrogens is 428 g/mol. The zero-order valence-electron chi connectivity index (χ0n) is 19.9. The Hall–Kier alpha value is -2.34. The van der Waals surface area contributed by atoms with E-state index in [-0.39, 0.29) is 10.8 Å². The van der Waals surface area contributed by atoms with E-state index < -0.39 is 0 Å². The minimum Gasteiger partial charge on any atom is -0.497 e. The van der Waals surface area contributed by atoms with E-state index >= 15 is 0 Å². The number of aryl methyl sites for hydroxylation is 1. The molecule has 5 atom stereocenters. The van der Waals surface area contributed by atoms with Gasteiger partial charge in [-0.15, -0.1) is 0 Å². The number of hydrazone groups is 1. The monoisotopic (exact) mass is 462 g/mol. The molecule has 5 nitrogen and oxygen atoms in total. The van der Waals surface area contributed by atoms with Crippen molar-refractivity contribution in [3.8, 4) is 5.75 Å². The maximum absolute atomic E-state index is 5.81. The highest BCUT2D eigenvalue weighted by Gasteiger charge is 2.58. The molecule has 2 aromatic rings. The van der Waals surface area contributed by atoms with Crippen LogP contribution in [0.5, 0.6) is 5.75 Å². The number of nitrogens with zero attached hydrogens (tertiary/aromatic N) is 2. The second-order valence-electron chi connectivity index (χ2n) is 10.9. The average molecular weight is 463 g/mol. The number of anilines is 2. The molecule has 3 N–H and O–H groups in total. The second kappa shape index (κ2) is 7.59. The van der Waals surface area contributed by atoms with Crippen LogP contribution in [0.25, 0.3) is 5.57 Å². The molecule has 4 aliphatic carbocycles. The van der Waals surface area contributed by atoms with Crippen LogP contribution >= 0.6 is 11.3 Å². The van der Waals surface area contributed by atoms with E-state index in [4.69, 9.17) is 15.6 Å². The lowest BCUT2D eigenvalue weighted by atomic mass is 9.48. The second-order valence-corrected chi connectivity index (χ2v) is 11.9. The van der Waals surface area contributed by atoms with Crippen LogP contribution in [0, 0.1) is 28.6 Å². The third-order valence-electron chi connectivity index (χ3n) is 9.53. The number of aromatic nitrogens is 1. The first-order valence-corrected chi connectivity index (χ1v) is 13.2. The number of hydrogen-bond donors (Lipinski definition) is 2. The molecule has 1 aromatic carbocycles. The van der Waals surface area contributed by atoms with E-state index in [0.717, 1.165) is 47.2 Å². The minimum absolute atomic E-state index is 0.220. The predicted molar refractivity (Wildman–Crippen MR) is 136 cm³/mol. The van der Waals surface area contributed by atoms with Crippen molar-refractivity contribution in [2.24, 2.45) is 39.5 Å². The predicted octanol–water partition coefficient (Wildman–Crippen LogP) is 6.39. The number of benzene rings is 1. The van der Waals surface area contributed by atoms with Crippen LogP contribution in [0.1, 0.15) is 62.9 Å². The van der Waals surface area contributed by atoms with Gasteiger partial charge >= 0.3 is 0 Å². The van der Waals surface area contributed by atoms with Crippen LogP contribution in [0.4, 0.5) is 10.8 Å². The Morgan fingerprint density at radius 3 is 2.64 bits per heavy atom. The first-order chi connectivity index (χ1) is 16.0. The van der Waals surface area contributed by atoms with E-state index in [1.807, 2.05) is 35.6 Å². The highest BCUT2D eigenvalue weighted by molar-refractivity contribution is 7.16. The first kappa shape index (κ1) is 21.2. The van der Waals surface area contributed by atoms with Crippen molar-refractivity contribution in [1.29, 1.82) is 0 Å². The van der Waals surface area contributed by atoms with Crippen LogP contribution in [0.2, 0.25) is 0 Å². The molecule has 6 heteroatoms. The fourth-order valence-corrected chi connectivity index (χ4v) is 8.94. The lowest BCUT2D eigenvalue weighted by Gasteiger charge is -2.56. The summed E-state index contributed by atoms with van der Waals surface area (Å²) in [5.41, 5.74) is 5.64. The molecule has 0 radical (unpaired) electrons. The highest BCUT2D eigenvalue weighted by atomic mass is 32.1. The van der Waals surface area contributed by atoms with E-state index in [1.165, 1.54) is 48.4 Å². The molecule has 0 amide bonds. The minimum atomic E-state index is 0.220. The number of methoxy groups -OCH3 is 1. The summed E-state index contributed by atoms with van der Waals surface area (Å²) in [5, 5.41) is 8.75. The molecule has 2 fully saturated rings. The van der Waals surface area contributed by atoms with Crippen molar-refractivity contribution < 1.29 is 4.74 Å². The van der Waals surface area contributed by atoms with Crippen LogP contribution in [-0.2, 0) is 6.42 Å². The Balaban J connectivity index is 1.30. The Kier molecular flexibility index (Phi) is 4.88. The maximum atomic E-state index is 5.81. The summed E-state index contributed by atoms with van der Waals surface area (Å²) in [4.78, 5) is 6.42. The molecule has 2 saturated carbocycles. The van der Waals surface area contributed by atoms with Crippen molar-refractivity contribution in [3.63, 3.8) is 0 Å². The molecule has 0 spiro atoms. The van der Waals surface area contributed by atoms with E-state index in [9.17, 15) is 0 Å². The van der Waals surface area contributed by atoms with Gasteiger partial charge in [0.15, 0.2) is 5.13 Å². The number of nitrogens with two attached hydrogens (primary N) is 1. The molecule has 174 valence electrons. The lowest BCUT2D eigenvalue weighted by molar-refractivity contribution is 0.0117. The summed E-state index contributed by atoms with van der Waals surface area (Å²) in [6, 6.07) is 8.06. The van der Waals surface area contributed by atoms with Crippen LogP contribution in [0.15, 0.2) is 35.4 Å². The van der Waals surface area contributed by atoms with Gasteiger partial charge in [-0.2, -0.15) is 5.10 Å². The van der Waals surface area contributed by atoms with Gasteiger partial charge in [0.2, 0.25) is 0 Å². The number of hydrogen-bond acceptors (Lipinski definition) is 6. The smallest absolute Gasteiger partial charge is 0.187 e. The Bertz CT molecular complexity index is 1140. The van der Waals surface area contributed by atoms with Crippen LogP contribution in [0.3, 0.4) is 0 Å². The molecule has 0 unspecified atom stereocenters. The number of thiazole rings is 1. The zero-order chi connectivity index (χ0) is 22.8. The molecule has 0 bridgehead atoms. The van der Waals surface area contributed by atoms with Gasteiger partial charge in [0.05, 0.1) is 17.7 Å². The van der Waals surface area contributed by atoms with E-state index in [1.54, 1.807) is 12.7 Å². The summed E-state index contributed by atoms with van der Waals surface area (Å²) in [6.45, 7) is 4.98. The van der Waals surface area contributed by atoms with Gasteiger partial charge in [-0.3, -0.25) is 0 Å². The van der Waals surface area contributed by atoms with Gasteiger partial charge in [-0.25, -0.2) is 4.98 Å². The van der Waals surface area contributed by atoms with Crippen molar-refractivity contribution in [3.05, 3.63) is 40.9 Å². The summed E-state index contributed by atoms with van der Waals surface area (Å²) >= 11 is 1.83. The number of ether oxygens (including phenoxy) is 1. The quantitative estimate of drug-likeness (QED) is 0.409. The van der Waals surface area contributed by atoms with Crippen molar-refractivity contribution in [2.45, 2.75) is 58.8 Å². The van der Waals surface area contributed by atoms with Crippen molar-refractivity contribution in [2.75, 3.05) is 12.4 Å². The average Bonchev–Trinajstić information content (AvgIpc) is 3.39. The molecule has 0 aliphatic heterocycles. The van der Waals surface area contributed by atoms with Crippen molar-refractivity contribution >= 4 is 33.4 Å². The van der Waals surface area contributed by atoms with Gasteiger partial charge in [0.1, 0.15) is 5.75 Å². The third kappa shape index (κ3) is 3.09. The van der Waals surface area contributed by atoms with Crippen molar-refractivity contribution in [1.82, 2.24) is 4.98 Å². The number of rotatable bonds is 3. The standard InChI is InChI=1S/C27H34N4OS/c1-26-15-13-22-24(33-25(30-22)29-16-4-6-17(32-3)7-5-16)21(26)9-8-18-19-10-11-23(31-28)27(19,2)14-12-20(18)26/h4-7,9,18-20H,8,10-15,28H2,1-3H3,(H,29,30)/b31-23+/t18-,19-,20-,26+,27-/m0/s1. The number of allylic oxidation sites excluding steroid dienone is 2. The fraction of sp³-hybridized carbons (Fsp3) is 0.556. The zero-order valence-corrected chi connectivity index (χ0v) is 20.7. The topological polar surface area (TPSA) is 72.5 Å². The summed E-state index contributed by atoms with van der Waals surface area (Å²) in [5.74, 6) is 8.91. The molecule has 6 rings (SSSR count). The highest BCUT2D eigenvalue weighted by Crippen LogP contribution is 2.65. The van der Waals surface area contributed by atoms with Gasteiger partial charge < -0.3 is 15.9 Å². The molecule has 0 saturated heterocycles. The normalized spacial score (nSPS) is 35.8. The number of nitrogens with one attached hydrogen (secondary N) is 1. The Labute approximate surface area is 200 Å². The van der Waals surface area contributed by atoms with Gasteiger partial charge in [-0.1, -0.05) is 31.3 Å². The Morgan fingerprint density at radius 1 is 1.09 bits per heavy atom. The summed E-state index contributed by atoms with van der Waals surface area (Å²) in [6.07, 6.45) is 10.9. The Morgan fingerprint density at radius 2 is 1.88 bits per heavy atom. The van der Waals surface area contributed by atoms with Crippen LogP contribution < -0.4 is 15.9 Å². The molecular formula is C27H34N4OS. The molecule has 33 heavy (non-hydrogen) atoms. The maximum Gasteiger partial charge on any atom is 0.187 e. The molecule has 4 aliphatic rings. The summed E-state index contributed by atoms with van der Waals surface area (Å²) in [7, 11) is 1.70. The van der Waals surface area contributed by atoms with Gasteiger partial charge in [0.25, 0.3) is 0 Å². The van der Waals surface area contributed by atoms with E-state index in [2.05, 4.69) is 30.3 Å². The molecule has 1 heterocycles. The summed E-state index contributed by atoms with van der Waals surface area (Å²) < 4.78 is 5.28. The van der Waals surface area contributed by atoms with Crippen LogP contribution in [-0.4, -0.2) is 17.8 Å². The van der Waals surface area contributed by atoms with E-state index in [0.29, 0.717) is 0 Å². The van der Waals surface area contributed by atoms with Gasteiger partial charge in [-0.05, 0) is 98.0 Å². The number of fused-ring (bicyclic) bond motifs is 7. The SMILES string of the molecule is COc1ccc(Nc2nc3c(s2)C2=CC[C@@H]4[C@H](CC[C@]5(C)/C(=N/N)CC[C@@H]45)[C@@]2(C)CC3)cc1. The molecule has 1 aromatic heterocycles. The lowest BCUT2D eigenvalue weighted by Crippen LogP contribution is -2.49. The third-order valence-corrected chi connectivity index (χ3v) is 10.6. The van der Waals surface area contributed by atoms with Gasteiger partial charge in [0, 0.05) is 16.8 Å². The largest absolute Gasteiger partial charge is 0.497 e. The fourth-order valence-electron chi connectivity index (χ4n) is 7.73. The first-order valence-electron chi connectivity index (χ1n) is 12.4.